The zero-order valence-electron chi connectivity index (χ0n) is 16.5. The maximum Gasteiger partial charge on any atom is 0.165 e. The number of aromatic nitrogens is 2. The topological polar surface area (TPSA) is 62.5 Å². The van der Waals surface area contributed by atoms with Gasteiger partial charge in [0.25, 0.3) is 0 Å². The summed E-state index contributed by atoms with van der Waals surface area (Å²) in [6.07, 6.45) is 0.711. The molecule has 28 heavy (non-hydrogen) atoms. The summed E-state index contributed by atoms with van der Waals surface area (Å²) in [5.74, 6) is 0.242. The molecule has 0 aliphatic carbocycles. The van der Waals surface area contributed by atoms with Crippen molar-refractivity contribution in [2.75, 3.05) is 23.9 Å². The minimum Gasteiger partial charge on any atom is -0.504 e. The summed E-state index contributed by atoms with van der Waals surface area (Å²) in [5.41, 5.74) is 5.71. The SMILES string of the molecule is CCOCc1ccc(-c2nn(C)c(CC3Nc4ccccc4N3C)c2O)cc1. The second-order valence-electron chi connectivity index (χ2n) is 7.09. The van der Waals surface area contributed by atoms with Gasteiger partial charge in [-0.25, -0.2) is 0 Å². The van der Waals surface area contributed by atoms with Crippen molar-refractivity contribution in [3.8, 4) is 17.0 Å². The maximum absolute atomic E-state index is 10.9. The molecule has 6 heteroatoms. The molecular weight excluding hydrogens is 352 g/mol. The molecule has 0 amide bonds. The standard InChI is InChI=1S/C22H26N4O2/c1-4-28-14-15-9-11-16(12-10-15)21-22(27)19(26(3)24-21)13-20-23-17-7-5-6-8-18(17)25(20)2/h5-12,20,23,27H,4,13-14H2,1-3H3. The number of likely N-dealkylation sites (N-methyl/N-ethyl adjacent to an activating group) is 1. The van der Waals surface area contributed by atoms with Gasteiger partial charge in [0.15, 0.2) is 5.75 Å². The van der Waals surface area contributed by atoms with E-state index in [9.17, 15) is 5.11 Å². The van der Waals surface area contributed by atoms with Crippen LogP contribution in [0, 0.1) is 0 Å². The summed E-state index contributed by atoms with van der Waals surface area (Å²) in [7, 11) is 3.94. The predicted molar refractivity (Wildman–Crippen MR) is 112 cm³/mol. The lowest BCUT2D eigenvalue weighted by molar-refractivity contribution is 0.134. The van der Waals surface area contributed by atoms with Crippen molar-refractivity contribution in [3.63, 3.8) is 0 Å². The molecule has 3 aromatic rings. The van der Waals surface area contributed by atoms with Crippen molar-refractivity contribution in [2.45, 2.75) is 26.1 Å². The molecule has 1 unspecified atom stereocenters. The molecule has 1 aliphatic rings. The number of aromatic hydroxyl groups is 1. The number of benzene rings is 2. The van der Waals surface area contributed by atoms with E-state index in [1.807, 2.05) is 50.4 Å². The zero-order chi connectivity index (χ0) is 19.7. The van der Waals surface area contributed by atoms with Gasteiger partial charge in [0.1, 0.15) is 11.9 Å². The molecule has 0 spiro atoms. The Balaban J connectivity index is 1.55. The van der Waals surface area contributed by atoms with Crippen LogP contribution in [0.1, 0.15) is 18.2 Å². The zero-order valence-corrected chi connectivity index (χ0v) is 16.5. The molecule has 0 radical (unpaired) electrons. The molecule has 0 saturated carbocycles. The van der Waals surface area contributed by atoms with E-state index in [1.54, 1.807) is 4.68 Å². The van der Waals surface area contributed by atoms with E-state index in [1.165, 1.54) is 5.69 Å². The number of aryl methyl sites for hydroxylation is 1. The molecule has 0 fully saturated rings. The molecule has 2 aromatic carbocycles. The van der Waals surface area contributed by atoms with Crippen LogP contribution in [-0.2, 0) is 24.8 Å². The van der Waals surface area contributed by atoms with E-state index < -0.39 is 0 Å². The average Bonchev–Trinajstić information content (AvgIpc) is 3.18. The van der Waals surface area contributed by atoms with Gasteiger partial charge in [0.05, 0.1) is 23.7 Å². The first-order valence-corrected chi connectivity index (χ1v) is 9.58. The van der Waals surface area contributed by atoms with Crippen molar-refractivity contribution in [1.29, 1.82) is 0 Å². The fourth-order valence-electron chi connectivity index (χ4n) is 3.67. The van der Waals surface area contributed by atoms with Crippen molar-refractivity contribution in [2.24, 2.45) is 7.05 Å². The Morgan fingerprint density at radius 1 is 1.11 bits per heavy atom. The highest BCUT2D eigenvalue weighted by molar-refractivity contribution is 5.76. The number of ether oxygens (including phenoxy) is 1. The van der Waals surface area contributed by atoms with Crippen molar-refractivity contribution in [1.82, 2.24) is 9.78 Å². The van der Waals surface area contributed by atoms with E-state index in [-0.39, 0.29) is 11.9 Å². The highest BCUT2D eigenvalue weighted by Crippen LogP contribution is 2.37. The molecular formula is C22H26N4O2. The fourth-order valence-corrected chi connectivity index (χ4v) is 3.67. The number of nitrogens with zero attached hydrogens (tertiary/aromatic N) is 3. The van der Waals surface area contributed by atoms with Crippen LogP contribution in [0.5, 0.6) is 5.75 Å². The first-order chi connectivity index (χ1) is 13.6. The lowest BCUT2D eigenvalue weighted by atomic mass is 10.1. The van der Waals surface area contributed by atoms with Crippen LogP contribution in [0.25, 0.3) is 11.3 Å². The Labute approximate surface area is 165 Å². The van der Waals surface area contributed by atoms with E-state index in [0.29, 0.717) is 25.3 Å². The Morgan fingerprint density at radius 3 is 2.57 bits per heavy atom. The summed E-state index contributed by atoms with van der Waals surface area (Å²) in [5, 5.41) is 19.0. The van der Waals surface area contributed by atoms with Crippen LogP contribution in [0.15, 0.2) is 48.5 Å². The largest absolute Gasteiger partial charge is 0.504 e. The van der Waals surface area contributed by atoms with Gasteiger partial charge >= 0.3 is 0 Å². The Kier molecular flexibility index (Phi) is 4.96. The summed E-state index contributed by atoms with van der Waals surface area (Å²) in [6.45, 7) is 3.27. The van der Waals surface area contributed by atoms with Gasteiger partial charge in [0, 0.05) is 32.7 Å². The Bertz CT molecular complexity index is 965. The molecule has 1 atom stereocenters. The number of hydrogen-bond acceptors (Lipinski definition) is 5. The molecule has 146 valence electrons. The second kappa shape index (κ2) is 7.56. The minimum absolute atomic E-state index is 0.0696. The molecule has 0 saturated heterocycles. The minimum atomic E-state index is 0.0696. The highest BCUT2D eigenvalue weighted by atomic mass is 16.5. The van der Waals surface area contributed by atoms with Crippen molar-refractivity contribution in [3.05, 3.63) is 59.8 Å². The number of rotatable bonds is 6. The van der Waals surface area contributed by atoms with Gasteiger partial charge in [-0.2, -0.15) is 5.10 Å². The van der Waals surface area contributed by atoms with Gasteiger partial charge in [-0.15, -0.1) is 0 Å². The second-order valence-corrected chi connectivity index (χ2v) is 7.09. The number of hydrogen-bond donors (Lipinski definition) is 2. The fraction of sp³-hybridized carbons (Fsp3) is 0.318. The first kappa shape index (κ1) is 18.4. The maximum atomic E-state index is 10.9. The third-order valence-electron chi connectivity index (χ3n) is 5.30. The van der Waals surface area contributed by atoms with Crippen molar-refractivity contribution >= 4 is 11.4 Å². The summed E-state index contributed by atoms with van der Waals surface area (Å²) in [6, 6.07) is 16.2. The van der Waals surface area contributed by atoms with Crippen LogP contribution in [0.3, 0.4) is 0 Å². The predicted octanol–water partition coefficient (Wildman–Crippen LogP) is 3.76. The van der Waals surface area contributed by atoms with E-state index >= 15 is 0 Å². The van der Waals surface area contributed by atoms with Crippen molar-refractivity contribution < 1.29 is 9.84 Å². The smallest absolute Gasteiger partial charge is 0.165 e. The van der Waals surface area contributed by atoms with E-state index in [2.05, 4.69) is 34.5 Å². The summed E-state index contributed by atoms with van der Waals surface area (Å²) >= 11 is 0. The summed E-state index contributed by atoms with van der Waals surface area (Å²) < 4.78 is 7.22. The normalized spacial score (nSPS) is 15.5. The third-order valence-corrected chi connectivity index (χ3v) is 5.30. The lowest BCUT2D eigenvalue weighted by Crippen LogP contribution is -2.34. The van der Waals surface area contributed by atoms with Crippen LogP contribution < -0.4 is 10.2 Å². The van der Waals surface area contributed by atoms with Crippen LogP contribution in [0.2, 0.25) is 0 Å². The monoisotopic (exact) mass is 378 g/mol. The lowest BCUT2D eigenvalue weighted by Gasteiger charge is -2.22. The van der Waals surface area contributed by atoms with Gasteiger partial charge < -0.3 is 20.1 Å². The Morgan fingerprint density at radius 2 is 1.86 bits per heavy atom. The van der Waals surface area contributed by atoms with E-state index in [4.69, 9.17) is 4.74 Å². The average molecular weight is 378 g/mol. The molecule has 1 aromatic heterocycles. The number of para-hydroxylation sites is 2. The number of anilines is 2. The molecule has 1 aliphatic heterocycles. The number of nitrogens with one attached hydrogen (secondary N) is 1. The van der Waals surface area contributed by atoms with E-state index in [0.717, 1.165) is 22.5 Å². The van der Waals surface area contributed by atoms with Gasteiger partial charge in [-0.3, -0.25) is 4.68 Å². The molecule has 4 rings (SSSR count). The number of fused-ring (bicyclic) bond motifs is 1. The van der Waals surface area contributed by atoms with Gasteiger partial charge in [-0.1, -0.05) is 36.4 Å². The first-order valence-electron chi connectivity index (χ1n) is 9.58. The highest BCUT2D eigenvalue weighted by Gasteiger charge is 2.28. The van der Waals surface area contributed by atoms with Crippen LogP contribution in [0.4, 0.5) is 11.4 Å². The van der Waals surface area contributed by atoms with Crippen LogP contribution in [-0.4, -0.2) is 34.7 Å². The molecule has 2 heterocycles. The molecule has 6 nitrogen and oxygen atoms in total. The quantitative estimate of drug-likeness (QED) is 0.684. The molecule has 0 bridgehead atoms. The third kappa shape index (κ3) is 3.31. The van der Waals surface area contributed by atoms with Gasteiger partial charge in [0.2, 0.25) is 0 Å². The Hall–Kier alpha value is -2.99. The molecule has 2 N–H and O–H groups in total. The van der Waals surface area contributed by atoms with Gasteiger partial charge in [-0.05, 0) is 24.6 Å². The van der Waals surface area contributed by atoms with Crippen LogP contribution >= 0.6 is 0 Å². The summed E-state index contributed by atoms with van der Waals surface area (Å²) in [4.78, 5) is 2.20.